The second-order valence-electron chi connectivity index (χ2n) is 7.51. The highest BCUT2D eigenvalue weighted by Gasteiger charge is 2.20. The van der Waals surface area contributed by atoms with Crippen LogP contribution in [0.15, 0.2) is 40.8 Å². The Hall–Kier alpha value is -4.08. The summed E-state index contributed by atoms with van der Waals surface area (Å²) in [5, 5.41) is 14.5. The molecule has 3 aromatic rings. The maximum Gasteiger partial charge on any atom is 0.344 e. The molecule has 0 aliphatic heterocycles. The van der Waals surface area contributed by atoms with E-state index in [1.165, 1.54) is 30.9 Å². The summed E-state index contributed by atoms with van der Waals surface area (Å²) in [5.41, 5.74) is 1.61. The van der Waals surface area contributed by atoms with Gasteiger partial charge in [-0.1, -0.05) is 0 Å². The van der Waals surface area contributed by atoms with Crippen LogP contribution in [0, 0.1) is 10.1 Å². The van der Waals surface area contributed by atoms with Gasteiger partial charge in [0.05, 0.1) is 18.1 Å². The van der Waals surface area contributed by atoms with Crippen molar-refractivity contribution in [2.45, 2.75) is 25.7 Å². The number of carbonyl (C=O) groups excluding carboxylic acids is 2. The second-order valence-corrected chi connectivity index (χ2v) is 7.51. The Kier molecular flexibility index (Phi) is 6.43. The number of methoxy groups -OCH3 is 1. The number of ether oxygens (including phenoxy) is 3. The number of hydrogen-bond acceptors (Lipinski definition) is 8. The molecule has 4 rings (SSSR count). The third-order valence-corrected chi connectivity index (χ3v) is 5.32. The first-order chi connectivity index (χ1) is 15.9. The molecule has 0 fully saturated rings. The van der Waals surface area contributed by atoms with Gasteiger partial charge < -0.3 is 23.9 Å². The van der Waals surface area contributed by atoms with E-state index in [1.54, 1.807) is 6.07 Å². The molecule has 0 unspecified atom stereocenters. The summed E-state index contributed by atoms with van der Waals surface area (Å²) in [7, 11) is 1.37. The second kappa shape index (κ2) is 9.60. The monoisotopic (exact) mass is 454 g/mol. The van der Waals surface area contributed by atoms with Crippen molar-refractivity contribution in [3.63, 3.8) is 0 Å². The molecule has 10 nitrogen and oxygen atoms in total. The van der Waals surface area contributed by atoms with Gasteiger partial charge in [-0.2, -0.15) is 0 Å². The van der Waals surface area contributed by atoms with Crippen LogP contribution in [0.1, 0.15) is 24.2 Å². The Balaban J connectivity index is 1.30. The molecule has 0 bridgehead atoms. The number of benzene rings is 2. The average molecular weight is 454 g/mol. The molecular formula is C23H22N2O8. The van der Waals surface area contributed by atoms with Gasteiger partial charge >= 0.3 is 5.97 Å². The molecule has 1 heterocycles. The van der Waals surface area contributed by atoms with Crippen LogP contribution in [0.4, 0.5) is 11.4 Å². The van der Waals surface area contributed by atoms with Crippen LogP contribution in [0.5, 0.6) is 11.5 Å². The fourth-order valence-electron chi connectivity index (χ4n) is 3.74. The van der Waals surface area contributed by atoms with E-state index in [1.807, 2.05) is 12.1 Å². The average Bonchev–Trinajstić information content (AvgIpc) is 3.19. The minimum absolute atomic E-state index is 0.0326. The Morgan fingerprint density at radius 2 is 1.88 bits per heavy atom. The van der Waals surface area contributed by atoms with E-state index in [-0.39, 0.29) is 23.7 Å². The number of anilines is 1. The van der Waals surface area contributed by atoms with Gasteiger partial charge in [0.1, 0.15) is 28.5 Å². The molecule has 10 heteroatoms. The Morgan fingerprint density at radius 1 is 1.09 bits per heavy atom. The molecule has 1 N–H and O–H groups in total. The van der Waals surface area contributed by atoms with Crippen LogP contribution in [0.3, 0.4) is 0 Å². The smallest absolute Gasteiger partial charge is 0.344 e. The Bertz CT molecular complexity index is 1220. The number of carbonyl (C=O) groups is 2. The van der Waals surface area contributed by atoms with E-state index >= 15 is 0 Å². The zero-order valence-corrected chi connectivity index (χ0v) is 17.9. The lowest BCUT2D eigenvalue weighted by molar-refractivity contribution is -0.384. The van der Waals surface area contributed by atoms with Crippen molar-refractivity contribution in [2.75, 3.05) is 25.6 Å². The van der Waals surface area contributed by atoms with Crippen molar-refractivity contribution in [1.82, 2.24) is 0 Å². The first-order valence-corrected chi connectivity index (χ1v) is 10.4. The molecule has 0 atom stereocenters. The quantitative estimate of drug-likeness (QED) is 0.309. The summed E-state index contributed by atoms with van der Waals surface area (Å²) < 4.78 is 21.3. The van der Waals surface area contributed by atoms with Crippen LogP contribution >= 0.6 is 0 Å². The van der Waals surface area contributed by atoms with Crippen LogP contribution in [-0.2, 0) is 27.2 Å². The minimum Gasteiger partial charge on any atom is -0.496 e. The number of fused-ring (bicyclic) bond motifs is 3. The number of furan rings is 1. The molecule has 2 aromatic carbocycles. The number of aryl methyl sites for hydroxylation is 2. The maximum atomic E-state index is 12.1. The maximum absolute atomic E-state index is 12.1. The predicted octanol–water partition coefficient (Wildman–Crippen LogP) is 3.79. The molecule has 0 saturated carbocycles. The zero-order chi connectivity index (χ0) is 23.4. The summed E-state index contributed by atoms with van der Waals surface area (Å²) in [6.45, 7) is -0.999. The molecule has 1 aromatic heterocycles. The zero-order valence-electron chi connectivity index (χ0n) is 17.9. The topological polar surface area (TPSA) is 130 Å². The van der Waals surface area contributed by atoms with Crippen molar-refractivity contribution < 1.29 is 33.1 Å². The molecular weight excluding hydrogens is 432 g/mol. The number of nitrogens with one attached hydrogen (secondary N) is 1. The Labute approximate surface area is 188 Å². The summed E-state index contributed by atoms with van der Waals surface area (Å²) in [4.78, 5) is 34.6. The summed E-state index contributed by atoms with van der Waals surface area (Å²) in [5.74, 6) is 0.312. The van der Waals surface area contributed by atoms with Crippen molar-refractivity contribution in [3.8, 4) is 11.5 Å². The van der Waals surface area contributed by atoms with Gasteiger partial charge in [0.2, 0.25) is 0 Å². The largest absolute Gasteiger partial charge is 0.496 e. The van der Waals surface area contributed by atoms with Crippen molar-refractivity contribution in [3.05, 3.63) is 57.8 Å². The van der Waals surface area contributed by atoms with E-state index in [4.69, 9.17) is 18.6 Å². The minimum atomic E-state index is -0.747. The molecule has 1 amide bonds. The van der Waals surface area contributed by atoms with E-state index < -0.39 is 23.4 Å². The van der Waals surface area contributed by atoms with Gasteiger partial charge in [-0.25, -0.2) is 4.79 Å². The number of hydrogen-bond donors (Lipinski definition) is 1. The van der Waals surface area contributed by atoms with Gasteiger partial charge in [-0.3, -0.25) is 14.9 Å². The third kappa shape index (κ3) is 5.05. The highest BCUT2D eigenvalue weighted by molar-refractivity contribution is 5.95. The van der Waals surface area contributed by atoms with E-state index in [9.17, 15) is 19.7 Å². The van der Waals surface area contributed by atoms with Gasteiger partial charge in [0.25, 0.3) is 11.6 Å². The number of nitrogens with zero attached hydrogens (tertiary/aromatic N) is 1. The van der Waals surface area contributed by atoms with E-state index in [0.717, 1.165) is 42.4 Å². The first kappa shape index (κ1) is 22.1. The number of nitro benzene ring substituents is 1. The summed E-state index contributed by atoms with van der Waals surface area (Å²) in [6, 6.07) is 9.35. The van der Waals surface area contributed by atoms with Gasteiger partial charge in [0.15, 0.2) is 13.2 Å². The highest BCUT2D eigenvalue weighted by Crippen LogP contribution is 2.34. The standard InChI is InChI=1S/C23H22N2O8/c1-30-14-6-8-18(19(11-14)25(28)29)24-22(26)12-32-23(27)13-31-15-7-9-21-17(10-15)16-4-2-3-5-20(16)33-21/h6-11H,2-5,12-13H2,1H3,(H,24,26). The van der Waals surface area contributed by atoms with Crippen LogP contribution in [0.2, 0.25) is 0 Å². The number of esters is 1. The van der Waals surface area contributed by atoms with Gasteiger partial charge in [-0.05, 0) is 49.6 Å². The predicted molar refractivity (Wildman–Crippen MR) is 118 cm³/mol. The van der Waals surface area contributed by atoms with Crippen molar-refractivity contribution >= 4 is 34.2 Å². The lowest BCUT2D eigenvalue weighted by Crippen LogP contribution is -2.24. The Morgan fingerprint density at radius 3 is 2.67 bits per heavy atom. The number of nitro groups is 1. The molecule has 0 radical (unpaired) electrons. The summed E-state index contributed by atoms with van der Waals surface area (Å²) in [6.07, 6.45) is 4.10. The summed E-state index contributed by atoms with van der Waals surface area (Å²) >= 11 is 0. The molecule has 1 aliphatic rings. The van der Waals surface area contributed by atoms with E-state index in [2.05, 4.69) is 5.32 Å². The lowest BCUT2D eigenvalue weighted by Gasteiger charge is -2.10. The SMILES string of the molecule is COc1ccc(NC(=O)COC(=O)COc2ccc3oc4c(c3c2)CCCC4)c([N+](=O)[O-])c1. The van der Waals surface area contributed by atoms with Crippen LogP contribution in [0.25, 0.3) is 11.0 Å². The van der Waals surface area contributed by atoms with Crippen molar-refractivity contribution in [2.24, 2.45) is 0 Å². The normalized spacial score (nSPS) is 12.6. The molecule has 172 valence electrons. The van der Waals surface area contributed by atoms with Crippen molar-refractivity contribution in [1.29, 1.82) is 0 Å². The molecule has 33 heavy (non-hydrogen) atoms. The van der Waals surface area contributed by atoms with Gasteiger partial charge in [-0.15, -0.1) is 0 Å². The third-order valence-electron chi connectivity index (χ3n) is 5.32. The van der Waals surface area contributed by atoms with E-state index in [0.29, 0.717) is 5.75 Å². The number of amides is 1. The van der Waals surface area contributed by atoms with Crippen LogP contribution in [-0.4, -0.2) is 37.1 Å². The fraction of sp³-hybridized carbons (Fsp3) is 0.304. The van der Waals surface area contributed by atoms with Crippen LogP contribution < -0.4 is 14.8 Å². The molecule has 1 aliphatic carbocycles. The van der Waals surface area contributed by atoms with Gasteiger partial charge in [0, 0.05) is 17.4 Å². The fourth-order valence-corrected chi connectivity index (χ4v) is 3.74. The molecule has 0 spiro atoms. The highest BCUT2D eigenvalue weighted by atomic mass is 16.6. The molecule has 0 saturated heterocycles. The first-order valence-electron chi connectivity index (χ1n) is 10.4. The number of rotatable bonds is 8. The lowest BCUT2D eigenvalue weighted by atomic mass is 9.96.